The van der Waals surface area contributed by atoms with Crippen molar-refractivity contribution < 1.29 is 14.3 Å². The fraction of sp³-hybridized carbons (Fsp3) is 0.462. The van der Waals surface area contributed by atoms with Gasteiger partial charge in [0.05, 0.1) is 6.61 Å². The van der Waals surface area contributed by atoms with Gasteiger partial charge in [-0.2, -0.15) is 0 Å². The van der Waals surface area contributed by atoms with Crippen LogP contribution in [0.15, 0.2) is 24.3 Å². The quantitative estimate of drug-likeness (QED) is 0.896. The Labute approximate surface area is 110 Å². The molecule has 0 bridgehead atoms. The maximum atomic E-state index is 13.8. The highest BCUT2D eigenvalue weighted by atomic mass is 35.5. The molecule has 1 aromatic carbocycles. The van der Waals surface area contributed by atoms with E-state index in [0.717, 1.165) is 0 Å². The summed E-state index contributed by atoms with van der Waals surface area (Å²) >= 11 is 5.83. The van der Waals surface area contributed by atoms with Gasteiger partial charge in [-0.15, -0.1) is 0 Å². The predicted molar refractivity (Wildman–Crippen MR) is 67.5 cm³/mol. The van der Waals surface area contributed by atoms with Crippen LogP contribution < -0.4 is 0 Å². The third kappa shape index (κ3) is 2.82. The minimum atomic E-state index is -1.54. The van der Waals surface area contributed by atoms with Crippen LogP contribution in [0.3, 0.4) is 0 Å². The van der Waals surface area contributed by atoms with E-state index in [1.807, 2.05) is 0 Å². The number of halogens is 2. The van der Waals surface area contributed by atoms with Gasteiger partial charge in [0.1, 0.15) is 5.67 Å². The van der Waals surface area contributed by atoms with E-state index in [1.165, 1.54) is 0 Å². The van der Waals surface area contributed by atoms with E-state index in [4.69, 9.17) is 16.7 Å². The third-order valence-corrected chi connectivity index (χ3v) is 3.54. The van der Waals surface area contributed by atoms with Crippen LogP contribution in [-0.4, -0.2) is 41.3 Å². The van der Waals surface area contributed by atoms with Crippen molar-refractivity contribution >= 4 is 17.5 Å². The molecular formula is C13H15ClFNO2. The minimum Gasteiger partial charge on any atom is -0.393 e. The molecule has 98 valence electrons. The summed E-state index contributed by atoms with van der Waals surface area (Å²) in [5.74, 6) is -0.141. The van der Waals surface area contributed by atoms with E-state index < -0.39 is 12.3 Å². The smallest absolute Gasteiger partial charge is 0.253 e. The topological polar surface area (TPSA) is 40.5 Å². The molecule has 18 heavy (non-hydrogen) atoms. The Balaban J connectivity index is 2.04. The Morgan fingerprint density at radius 2 is 2.11 bits per heavy atom. The van der Waals surface area contributed by atoms with Gasteiger partial charge >= 0.3 is 0 Å². The van der Waals surface area contributed by atoms with Crippen LogP contribution in [0.2, 0.25) is 5.02 Å². The number of carbonyl (C=O) groups is 1. The van der Waals surface area contributed by atoms with Crippen LogP contribution in [0.5, 0.6) is 0 Å². The summed E-state index contributed by atoms with van der Waals surface area (Å²) in [6, 6.07) is 6.71. The van der Waals surface area contributed by atoms with E-state index in [2.05, 4.69) is 0 Å². The lowest BCUT2D eigenvalue weighted by Gasteiger charge is -2.35. The SMILES string of the molecule is O=C(c1cccc(Cl)c1)N1CCC(F)(CO)CC1. The van der Waals surface area contributed by atoms with Crippen molar-refractivity contribution in [2.75, 3.05) is 19.7 Å². The average molecular weight is 272 g/mol. The summed E-state index contributed by atoms with van der Waals surface area (Å²) in [7, 11) is 0. The number of alkyl halides is 1. The highest BCUT2D eigenvalue weighted by molar-refractivity contribution is 6.30. The number of likely N-dealkylation sites (tertiary alicyclic amines) is 1. The predicted octanol–water partition coefficient (Wildman–Crippen LogP) is 2.28. The van der Waals surface area contributed by atoms with Gasteiger partial charge in [-0.25, -0.2) is 4.39 Å². The molecule has 2 rings (SSSR count). The second-order valence-corrected chi connectivity index (χ2v) is 5.05. The minimum absolute atomic E-state index is 0.141. The number of hydrogen-bond acceptors (Lipinski definition) is 2. The molecule has 0 aliphatic carbocycles. The molecule has 0 spiro atoms. The van der Waals surface area contributed by atoms with Gasteiger partial charge < -0.3 is 10.0 Å². The summed E-state index contributed by atoms with van der Waals surface area (Å²) in [5.41, 5.74) is -1.02. The summed E-state index contributed by atoms with van der Waals surface area (Å²) in [6.45, 7) is 0.164. The van der Waals surface area contributed by atoms with Gasteiger partial charge in [-0.1, -0.05) is 17.7 Å². The number of amides is 1. The van der Waals surface area contributed by atoms with Crippen molar-refractivity contribution in [2.45, 2.75) is 18.5 Å². The molecule has 0 aromatic heterocycles. The molecule has 1 N–H and O–H groups in total. The molecule has 5 heteroatoms. The molecule has 1 fully saturated rings. The van der Waals surface area contributed by atoms with Crippen LogP contribution in [0.1, 0.15) is 23.2 Å². The van der Waals surface area contributed by atoms with E-state index in [1.54, 1.807) is 29.2 Å². The van der Waals surface area contributed by atoms with Crippen LogP contribution in [0.4, 0.5) is 4.39 Å². The van der Waals surface area contributed by atoms with Crippen LogP contribution in [-0.2, 0) is 0 Å². The maximum absolute atomic E-state index is 13.8. The standard InChI is InChI=1S/C13H15ClFNO2/c14-11-3-1-2-10(8-11)12(18)16-6-4-13(15,9-17)5-7-16/h1-3,8,17H,4-7,9H2. The zero-order chi connectivity index (χ0) is 13.2. The lowest BCUT2D eigenvalue weighted by atomic mass is 9.94. The van der Waals surface area contributed by atoms with Crippen LogP contribution in [0.25, 0.3) is 0 Å². The normalized spacial score (nSPS) is 18.7. The second kappa shape index (κ2) is 5.24. The van der Waals surface area contributed by atoms with Gasteiger partial charge in [-0.05, 0) is 18.2 Å². The lowest BCUT2D eigenvalue weighted by Crippen LogP contribution is -2.46. The Bertz CT molecular complexity index is 444. The molecule has 1 saturated heterocycles. The molecule has 1 aliphatic rings. The van der Waals surface area contributed by atoms with E-state index in [-0.39, 0.29) is 18.7 Å². The van der Waals surface area contributed by atoms with Crippen molar-refractivity contribution in [3.8, 4) is 0 Å². The number of carbonyl (C=O) groups excluding carboxylic acids is 1. The summed E-state index contributed by atoms with van der Waals surface area (Å²) in [6.07, 6.45) is 0.353. The first-order valence-corrected chi connectivity index (χ1v) is 6.26. The Morgan fingerprint density at radius 3 is 2.67 bits per heavy atom. The molecule has 0 atom stereocenters. The summed E-state index contributed by atoms with van der Waals surface area (Å²) in [4.78, 5) is 13.7. The molecule has 3 nitrogen and oxygen atoms in total. The number of piperidine rings is 1. The molecular weight excluding hydrogens is 257 g/mol. The number of aliphatic hydroxyl groups excluding tert-OH is 1. The zero-order valence-electron chi connectivity index (χ0n) is 9.90. The van der Waals surface area contributed by atoms with Crippen molar-refractivity contribution in [3.05, 3.63) is 34.9 Å². The molecule has 0 saturated carbocycles. The number of nitrogens with zero attached hydrogens (tertiary/aromatic N) is 1. The second-order valence-electron chi connectivity index (χ2n) is 4.61. The highest BCUT2D eigenvalue weighted by Gasteiger charge is 2.35. The van der Waals surface area contributed by atoms with Crippen molar-refractivity contribution in [1.82, 2.24) is 4.90 Å². The van der Waals surface area contributed by atoms with Crippen molar-refractivity contribution in [3.63, 3.8) is 0 Å². The molecule has 1 aliphatic heterocycles. The van der Waals surface area contributed by atoms with Crippen LogP contribution in [0, 0.1) is 0 Å². The molecule has 0 radical (unpaired) electrons. The highest BCUT2D eigenvalue weighted by Crippen LogP contribution is 2.26. The fourth-order valence-electron chi connectivity index (χ4n) is 2.07. The lowest BCUT2D eigenvalue weighted by molar-refractivity contribution is 0.00992. The van der Waals surface area contributed by atoms with E-state index in [0.29, 0.717) is 23.7 Å². The largest absolute Gasteiger partial charge is 0.393 e. The molecule has 1 heterocycles. The molecule has 1 amide bonds. The first-order valence-electron chi connectivity index (χ1n) is 5.89. The first-order chi connectivity index (χ1) is 8.54. The van der Waals surface area contributed by atoms with E-state index >= 15 is 0 Å². The van der Waals surface area contributed by atoms with Gasteiger partial charge in [0.15, 0.2) is 0 Å². The van der Waals surface area contributed by atoms with Crippen molar-refractivity contribution in [2.24, 2.45) is 0 Å². The van der Waals surface area contributed by atoms with E-state index in [9.17, 15) is 9.18 Å². The third-order valence-electron chi connectivity index (χ3n) is 3.30. The average Bonchev–Trinajstić information content (AvgIpc) is 2.39. The van der Waals surface area contributed by atoms with Crippen LogP contribution >= 0.6 is 11.6 Å². The fourth-order valence-corrected chi connectivity index (χ4v) is 2.26. The Kier molecular flexibility index (Phi) is 3.88. The molecule has 1 aromatic rings. The van der Waals surface area contributed by atoms with Gasteiger partial charge in [-0.3, -0.25) is 4.79 Å². The summed E-state index contributed by atoms with van der Waals surface area (Å²) in [5, 5.41) is 9.44. The summed E-state index contributed by atoms with van der Waals surface area (Å²) < 4.78 is 13.8. The monoisotopic (exact) mass is 271 g/mol. The number of rotatable bonds is 2. The maximum Gasteiger partial charge on any atom is 0.253 e. The number of aliphatic hydroxyl groups is 1. The zero-order valence-corrected chi connectivity index (χ0v) is 10.7. The van der Waals surface area contributed by atoms with Gasteiger partial charge in [0.25, 0.3) is 5.91 Å². The van der Waals surface area contributed by atoms with Crippen molar-refractivity contribution in [1.29, 1.82) is 0 Å². The first kappa shape index (κ1) is 13.3. The van der Waals surface area contributed by atoms with Gasteiger partial charge in [0, 0.05) is 36.5 Å². The number of benzene rings is 1. The number of hydrogen-bond donors (Lipinski definition) is 1. The Hall–Kier alpha value is -1.13. The Morgan fingerprint density at radius 1 is 1.44 bits per heavy atom. The van der Waals surface area contributed by atoms with Gasteiger partial charge in [0.2, 0.25) is 0 Å². The molecule has 0 unspecified atom stereocenters.